The summed E-state index contributed by atoms with van der Waals surface area (Å²) < 4.78 is 13.1. The zero-order valence-corrected chi connectivity index (χ0v) is 14.1. The topological polar surface area (TPSA) is 46.2 Å². The third-order valence-electron chi connectivity index (χ3n) is 2.71. The molecule has 0 atom stereocenters. The maximum atomic E-state index is 13.1. The molecule has 2 aromatic rings. The maximum Gasteiger partial charge on any atom is 0.217 e. The third kappa shape index (κ3) is 4.83. The molecule has 1 amide bonds. The van der Waals surface area contributed by atoms with Gasteiger partial charge in [0, 0.05) is 16.7 Å². The molecule has 0 aliphatic rings. The number of hydrogen-bond acceptors (Lipinski definition) is 4. The molecule has 1 aromatic carbocycles. The first kappa shape index (κ1) is 17.0. The molecule has 0 saturated carbocycles. The van der Waals surface area contributed by atoms with E-state index in [2.05, 4.69) is 5.32 Å². The lowest BCUT2D eigenvalue weighted by atomic mass is 10.3. The maximum absolute atomic E-state index is 13.1. The van der Waals surface area contributed by atoms with Crippen molar-refractivity contribution in [3.05, 3.63) is 50.9 Å². The van der Waals surface area contributed by atoms with Crippen molar-refractivity contribution in [3.63, 3.8) is 0 Å². The highest BCUT2D eigenvalue weighted by molar-refractivity contribution is 8.00. The predicted octanol–water partition coefficient (Wildman–Crippen LogP) is 4.15. The van der Waals surface area contributed by atoms with Crippen molar-refractivity contribution >= 4 is 46.4 Å². The van der Waals surface area contributed by atoms with Gasteiger partial charge in [-0.1, -0.05) is 11.6 Å². The van der Waals surface area contributed by atoms with Crippen LogP contribution in [0.25, 0.3) is 0 Å². The second-order valence-electron chi connectivity index (χ2n) is 4.46. The highest BCUT2D eigenvalue weighted by atomic mass is 35.5. The van der Waals surface area contributed by atoms with E-state index in [4.69, 9.17) is 11.6 Å². The molecule has 3 nitrogen and oxygen atoms in total. The van der Waals surface area contributed by atoms with Crippen LogP contribution in [0.4, 0.5) is 4.39 Å². The molecule has 1 aromatic heterocycles. The van der Waals surface area contributed by atoms with E-state index in [-0.39, 0.29) is 22.5 Å². The number of amides is 1. The number of thioether (sulfide) groups is 1. The fraction of sp³-hybridized carbons (Fsp3) is 0.200. The van der Waals surface area contributed by atoms with Crippen molar-refractivity contribution in [2.24, 2.45) is 0 Å². The summed E-state index contributed by atoms with van der Waals surface area (Å²) in [7, 11) is 0. The highest BCUT2D eigenvalue weighted by Gasteiger charge is 2.11. The Labute approximate surface area is 140 Å². The minimum atomic E-state index is -0.474. The summed E-state index contributed by atoms with van der Waals surface area (Å²) in [5.74, 6) is -0.338. The number of ketones is 1. The number of hydrogen-bond donors (Lipinski definition) is 1. The molecular weight excluding hydrogens is 345 g/mol. The van der Waals surface area contributed by atoms with Gasteiger partial charge in [-0.2, -0.15) is 0 Å². The summed E-state index contributed by atoms with van der Waals surface area (Å²) in [6.45, 7) is 1.87. The van der Waals surface area contributed by atoms with Gasteiger partial charge in [-0.25, -0.2) is 4.39 Å². The molecule has 0 saturated heterocycles. The number of carbonyl (C=O) groups is 2. The van der Waals surface area contributed by atoms with Crippen LogP contribution in [0.2, 0.25) is 5.02 Å². The van der Waals surface area contributed by atoms with Crippen LogP contribution in [0.3, 0.4) is 0 Å². The van der Waals surface area contributed by atoms with Crippen molar-refractivity contribution in [1.29, 1.82) is 0 Å². The van der Waals surface area contributed by atoms with E-state index >= 15 is 0 Å². The van der Waals surface area contributed by atoms with Gasteiger partial charge in [0.2, 0.25) is 5.91 Å². The van der Waals surface area contributed by atoms with E-state index in [0.717, 1.165) is 9.77 Å². The van der Waals surface area contributed by atoms with Crippen molar-refractivity contribution < 1.29 is 14.0 Å². The Bertz CT molecular complexity index is 703. The summed E-state index contributed by atoms with van der Waals surface area (Å²) in [6.07, 6.45) is 0. The van der Waals surface area contributed by atoms with E-state index < -0.39 is 5.82 Å². The Kier molecular flexibility index (Phi) is 5.99. The number of benzene rings is 1. The van der Waals surface area contributed by atoms with Crippen LogP contribution >= 0.6 is 34.7 Å². The Morgan fingerprint density at radius 3 is 2.77 bits per heavy atom. The Morgan fingerprint density at radius 1 is 1.32 bits per heavy atom. The van der Waals surface area contributed by atoms with Gasteiger partial charge in [-0.15, -0.1) is 23.1 Å². The molecule has 0 spiro atoms. The average Bonchev–Trinajstić information content (AvgIpc) is 2.95. The summed E-state index contributed by atoms with van der Waals surface area (Å²) in [5.41, 5.74) is 0. The minimum Gasteiger partial charge on any atom is -0.351 e. The van der Waals surface area contributed by atoms with Gasteiger partial charge in [0.15, 0.2) is 5.78 Å². The summed E-state index contributed by atoms with van der Waals surface area (Å²) in [6, 6.07) is 7.96. The number of thiophene rings is 1. The SMILES string of the molecule is CC(=O)NCc1ccc(C(=O)CSc2ccc(F)c(Cl)c2)s1. The van der Waals surface area contributed by atoms with Crippen LogP contribution in [0, 0.1) is 5.82 Å². The van der Waals surface area contributed by atoms with Crippen molar-refractivity contribution in [3.8, 4) is 0 Å². The smallest absolute Gasteiger partial charge is 0.217 e. The van der Waals surface area contributed by atoms with Crippen LogP contribution < -0.4 is 5.32 Å². The van der Waals surface area contributed by atoms with Gasteiger partial charge >= 0.3 is 0 Å². The van der Waals surface area contributed by atoms with E-state index in [1.54, 1.807) is 12.1 Å². The van der Waals surface area contributed by atoms with Crippen molar-refractivity contribution in [2.75, 3.05) is 5.75 Å². The number of Topliss-reactive ketones (excluding diaryl/α,β-unsaturated/α-hetero) is 1. The molecule has 0 bridgehead atoms. The lowest BCUT2D eigenvalue weighted by molar-refractivity contribution is -0.119. The third-order valence-corrected chi connectivity index (χ3v) is 5.12. The second-order valence-corrected chi connectivity index (χ2v) is 7.09. The van der Waals surface area contributed by atoms with E-state index in [0.29, 0.717) is 11.4 Å². The zero-order valence-electron chi connectivity index (χ0n) is 11.7. The second kappa shape index (κ2) is 7.76. The van der Waals surface area contributed by atoms with Gasteiger partial charge in [0.25, 0.3) is 0 Å². The number of nitrogens with one attached hydrogen (secondary N) is 1. The molecule has 0 radical (unpaired) electrons. The van der Waals surface area contributed by atoms with E-state index in [1.165, 1.54) is 42.2 Å². The molecular formula is C15H13ClFNO2S2. The van der Waals surface area contributed by atoms with Crippen LogP contribution in [0.1, 0.15) is 21.5 Å². The molecule has 7 heteroatoms. The highest BCUT2D eigenvalue weighted by Crippen LogP contribution is 2.26. The van der Waals surface area contributed by atoms with Crippen LogP contribution in [0.5, 0.6) is 0 Å². The average molecular weight is 358 g/mol. The quantitative estimate of drug-likeness (QED) is 0.624. The van der Waals surface area contributed by atoms with Crippen LogP contribution in [-0.2, 0) is 11.3 Å². The first-order valence-corrected chi connectivity index (χ1v) is 8.58. The molecule has 0 aliphatic heterocycles. The first-order valence-electron chi connectivity index (χ1n) is 6.40. The molecule has 0 aliphatic carbocycles. The Balaban J connectivity index is 1.91. The molecule has 1 heterocycles. The number of halogens is 2. The normalized spacial score (nSPS) is 10.5. The predicted molar refractivity (Wildman–Crippen MR) is 88.3 cm³/mol. The Morgan fingerprint density at radius 2 is 2.09 bits per heavy atom. The van der Waals surface area contributed by atoms with Gasteiger partial charge in [0.1, 0.15) is 5.82 Å². The first-order chi connectivity index (χ1) is 10.5. The fourth-order valence-electron chi connectivity index (χ4n) is 1.62. The summed E-state index contributed by atoms with van der Waals surface area (Å²) in [4.78, 5) is 25.3. The largest absolute Gasteiger partial charge is 0.351 e. The van der Waals surface area contributed by atoms with E-state index in [1.807, 2.05) is 6.07 Å². The molecule has 116 valence electrons. The standard InChI is InChI=1S/C15H13ClFNO2S2/c1-9(19)18-7-11-3-5-15(22-11)14(20)8-21-10-2-4-13(17)12(16)6-10/h2-6H,7-8H2,1H3,(H,18,19). The number of carbonyl (C=O) groups excluding carboxylic acids is 2. The van der Waals surface area contributed by atoms with Gasteiger partial charge in [0.05, 0.1) is 22.2 Å². The molecule has 2 rings (SSSR count). The molecule has 0 fully saturated rings. The molecule has 22 heavy (non-hydrogen) atoms. The van der Waals surface area contributed by atoms with Crippen molar-refractivity contribution in [2.45, 2.75) is 18.4 Å². The van der Waals surface area contributed by atoms with E-state index in [9.17, 15) is 14.0 Å². The molecule has 0 unspecified atom stereocenters. The van der Waals surface area contributed by atoms with Crippen molar-refractivity contribution in [1.82, 2.24) is 5.32 Å². The molecule has 1 N–H and O–H groups in total. The lowest BCUT2D eigenvalue weighted by Gasteiger charge is -2.01. The van der Waals surface area contributed by atoms with Gasteiger partial charge in [-0.3, -0.25) is 9.59 Å². The minimum absolute atomic E-state index is 0.00970. The van der Waals surface area contributed by atoms with Crippen LogP contribution in [-0.4, -0.2) is 17.4 Å². The Hall–Kier alpha value is -1.37. The zero-order chi connectivity index (χ0) is 16.1. The van der Waals surface area contributed by atoms with Gasteiger partial charge in [-0.05, 0) is 30.3 Å². The van der Waals surface area contributed by atoms with Gasteiger partial charge < -0.3 is 5.32 Å². The number of rotatable bonds is 6. The summed E-state index contributed by atoms with van der Waals surface area (Å²) >= 11 is 8.37. The lowest BCUT2D eigenvalue weighted by Crippen LogP contribution is -2.18. The summed E-state index contributed by atoms with van der Waals surface area (Å²) in [5, 5.41) is 2.74. The van der Waals surface area contributed by atoms with Crippen LogP contribution in [0.15, 0.2) is 35.2 Å². The fourth-order valence-corrected chi connectivity index (χ4v) is 3.66. The monoisotopic (exact) mass is 357 g/mol.